The molecule has 1 saturated carbocycles. The van der Waals surface area contributed by atoms with Crippen molar-refractivity contribution in [2.75, 3.05) is 13.1 Å². The summed E-state index contributed by atoms with van der Waals surface area (Å²) in [5.74, 6) is 1.47. The van der Waals surface area contributed by atoms with Crippen LogP contribution in [0.4, 0.5) is 0 Å². The fourth-order valence-electron chi connectivity index (χ4n) is 4.98. The lowest BCUT2D eigenvalue weighted by Crippen LogP contribution is -2.40. The average molecular weight is 408 g/mol. The molecule has 2 fully saturated rings. The monoisotopic (exact) mass is 407 g/mol. The van der Waals surface area contributed by atoms with Crippen LogP contribution < -0.4 is 5.56 Å². The van der Waals surface area contributed by atoms with E-state index in [2.05, 4.69) is 5.10 Å². The molecular formula is C25H33N3O2. The highest BCUT2D eigenvalue weighted by atomic mass is 16.2. The molecule has 1 aliphatic carbocycles. The highest BCUT2D eigenvalue weighted by molar-refractivity contribution is 5.76. The molecule has 0 N–H and O–H groups in total. The van der Waals surface area contributed by atoms with Crippen molar-refractivity contribution in [1.82, 2.24) is 14.7 Å². The van der Waals surface area contributed by atoms with E-state index in [-0.39, 0.29) is 5.56 Å². The van der Waals surface area contributed by atoms with Gasteiger partial charge in [-0.3, -0.25) is 9.59 Å². The third kappa shape index (κ3) is 5.00. The Morgan fingerprint density at radius 2 is 1.73 bits per heavy atom. The zero-order chi connectivity index (χ0) is 20.9. The quantitative estimate of drug-likeness (QED) is 0.712. The minimum atomic E-state index is -0.0396. The number of benzene rings is 1. The molecule has 2 aromatic rings. The van der Waals surface area contributed by atoms with Crippen LogP contribution in [-0.4, -0.2) is 33.7 Å². The van der Waals surface area contributed by atoms with Gasteiger partial charge in [0.2, 0.25) is 5.91 Å². The number of piperidine rings is 1. The molecule has 4 rings (SSSR count). The van der Waals surface area contributed by atoms with Crippen LogP contribution in [0.1, 0.15) is 56.9 Å². The molecule has 0 spiro atoms. The first-order chi connectivity index (χ1) is 14.6. The van der Waals surface area contributed by atoms with Crippen LogP contribution in [-0.2, 0) is 11.3 Å². The topological polar surface area (TPSA) is 55.2 Å². The van der Waals surface area contributed by atoms with Gasteiger partial charge in [0.1, 0.15) is 0 Å². The Kier molecular flexibility index (Phi) is 6.66. The maximum Gasteiger partial charge on any atom is 0.267 e. The zero-order valence-corrected chi connectivity index (χ0v) is 18.1. The summed E-state index contributed by atoms with van der Waals surface area (Å²) in [5, 5.41) is 4.69. The minimum absolute atomic E-state index is 0.0396. The fourth-order valence-corrected chi connectivity index (χ4v) is 4.98. The number of carbonyl (C=O) groups excluding carboxylic acids is 1. The molecule has 1 aromatic carbocycles. The molecule has 0 atom stereocenters. The van der Waals surface area contributed by atoms with E-state index in [1.165, 1.54) is 25.7 Å². The predicted molar refractivity (Wildman–Crippen MR) is 119 cm³/mol. The lowest BCUT2D eigenvalue weighted by atomic mass is 9.95. The number of carbonyl (C=O) groups is 1. The van der Waals surface area contributed by atoms with Crippen molar-refractivity contribution in [3.8, 4) is 11.3 Å². The Balaban J connectivity index is 1.33. The second kappa shape index (κ2) is 9.59. The van der Waals surface area contributed by atoms with Crippen molar-refractivity contribution in [1.29, 1.82) is 0 Å². The van der Waals surface area contributed by atoms with Crippen LogP contribution in [0.3, 0.4) is 0 Å². The molecule has 1 aromatic heterocycles. The number of likely N-dealkylation sites (tertiary alicyclic amines) is 1. The molecule has 2 aliphatic rings. The number of nitrogens with zero attached hydrogens (tertiary/aromatic N) is 3. The van der Waals surface area contributed by atoms with Gasteiger partial charge in [-0.05, 0) is 43.6 Å². The summed E-state index contributed by atoms with van der Waals surface area (Å²) in [5.41, 5.74) is 2.77. The van der Waals surface area contributed by atoms with Crippen molar-refractivity contribution in [2.45, 2.75) is 64.8 Å². The lowest BCUT2D eigenvalue weighted by Gasteiger charge is -2.32. The second-order valence-corrected chi connectivity index (χ2v) is 9.08. The van der Waals surface area contributed by atoms with E-state index in [4.69, 9.17) is 0 Å². The highest BCUT2D eigenvalue weighted by Gasteiger charge is 2.25. The molecule has 0 bridgehead atoms. The summed E-state index contributed by atoms with van der Waals surface area (Å²) in [6, 6.07) is 11.7. The normalized spacial score (nSPS) is 18.1. The van der Waals surface area contributed by atoms with Crippen molar-refractivity contribution in [3.63, 3.8) is 0 Å². The minimum Gasteiger partial charge on any atom is -0.343 e. The van der Waals surface area contributed by atoms with Crippen LogP contribution in [0.5, 0.6) is 0 Å². The summed E-state index contributed by atoms with van der Waals surface area (Å²) in [6.07, 6.45) is 8.93. The van der Waals surface area contributed by atoms with Crippen LogP contribution >= 0.6 is 0 Å². The van der Waals surface area contributed by atoms with Gasteiger partial charge in [0.15, 0.2) is 0 Å². The number of hydrogen-bond acceptors (Lipinski definition) is 3. The smallest absolute Gasteiger partial charge is 0.267 e. The van der Waals surface area contributed by atoms with Gasteiger partial charge in [-0.2, -0.15) is 5.10 Å². The van der Waals surface area contributed by atoms with Crippen molar-refractivity contribution in [2.24, 2.45) is 11.8 Å². The van der Waals surface area contributed by atoms with E-state index in [1.807, 2.05) is 42.2 Å². The van der Waals surface area contributed by atoms with E-state index in [9.17, 15) is 9.59 Å². The van der Waals surface area contributed by atoms with Crippen LogP contribution in [0.25, 0.3) is 11.3 Å². The molecule has 0 unspecified atom stereocenters. The zero-order valence-electron chi connectivity index (χ0n) is 18.1. The van der Waals surface area contributed by atoms with Crippen LogP contribution in [0, 0.1) is 18.8 Å². The first-order valence-corrected chi connectivity index (χ1v) is 11.5. The molecule has 160 valence electrons. The highest BCUT2D eigenvalue weighted by Crippen LogP contribution is 2.29. The summed E-state index contributed by atoms with van der Waals surface area (Å²) >= 11 is 0. The third-order valence-corrected chi connectivity index (χ3v) is 6.88. The van der Waals surface area contributed by atoms with Gasteiger partial charge < -0.3 is 4.90 Å². The van der Waals surface area contributed by atoms with Gasteiger partial charge in [-0.1, -0.05) is 56.0 Å². The van der Waals surface area contributed by atoms with Crippen molar-refractivity contribution in [3.05, 3.63) is 52.3 Å². The van der Waals surface area contributed by atoms with E-state index < -0.39 is 0 Å². The van der Waals surface area contributed by atoms with Gasteiger partial charge in [-0.25, -0.2) is 4.68 Å². The molecule has 2 heterocycles. The Bertz CT molecular complexity index is 908. The summed E-state index contributed by atoms with van der Waals surface area (Å²) < 4.78 is 1.62. The third-order valence-electron chi connectivity index (χ3n) is 6.88. The first-order valence-electron chi connectivity index (χ1n) is 11.5. The molecule has 0 radical (unpaired) electrons. The Morgan fingerprint density at radius 3 is 2.43 bits per heavy atom. The molecule has 5 nitrogen and oxygen atoms in total. The van der Waals surface area contributed by atoms with E-state index in [0.29, 0.717) is 24.8 Å². The number of rotatable bonds is 6. The van der Waals surface area contributed by atoms with Crippen LogP contribution in [0.2, 0.25) is 0 Å². The number of aryl methyl sites for hydroxylation is 1. The van der Waals surface area contributed by atoms with Gasteiger partial charge in [0.05, 0.1) is 5.69 Å². The molecule has 1 aliphatic heterocycles. The Hall–Kier alpha value is -2.43. The Labute approximate surface area is 179 Å². The molecule has 1 amide bonds. The van der Waals surface area contributed by atoms with Gasteiger partial charge in [-0.15, -0.1) is 0 Å². The maximum atomic E-state index is 12.6. The average Bonchev–Trinajstić information content (AvgIpc) is 3.29. The number of amides is 1. The summed E-state index contributed by atoms with van der Waals surface area (Å²) in [6.45, 7) is 4.18. The molecule has 5 heteroatoms. The SMILES string of the molecule is Cc1cc(=O)n(CC2CCN(C(=O)CCC3CCCC3)CC2)nc1-c1ccccc1. The standard InChI is InChI=1S/C25H33N3O2/c1-19-17-24(30)28(26-25(19)22-9-3-2-4-10-22)18-21-13-15-27(16-14-21)23(29)12-11-20-7-5-6-8-20/h2-4,9-10,17,20-21H,5-8,11-16,18H2,1H3. The number of hydrogen-bond donors (Lipinski definition) is 0. The second-order valence-electron chi connectivity index (χ2n) is 9.08. The van der Waals surface area contributed by atoms with Crippen molar-refractivity contribution < 1.29 is 4.79 Å². The first kappa shape index (κ1) is 20.8. The van der Waals surface area contributed by atoms with Crippen LogP contribution in [0.15, 0.2) is 41.2 Å². The molecular weight excluding hydrogens is 374 g/mol. The van der Waals surface area contributed by atoms with Gasteiger partial charge >= 0.3 is 0 Å². The van der Waals surface area contributed by atoms with Gasteiger partial charge in [0, 0.05) is 37.7 Å². The number of aromatic nitrogens is 2. The van der Waals surface area contributed by atoms with Gasteiger partial charge in [0.25, 0.3) is 5.56 Å². The predicted octanol–water partition coefficient (Wildman–Crippen LogP) is 4.43. The summed E-state index contributed by atoms with van der Waals surface area (Å²) in [7, 11) is 0. The van der Waals surface area contributed by atoms with Crippen molar-refractivity contribution >= 4 is 5.91 Å². The largest absolute Gasteiger partial charge is 0.343 e. The fraction of sp³-hybridized carbons (Fsp3) is 0.560. The maximum absolute atomic E-state index is 12.6. The molecule has 30 heavy (non-hydrogen) atoms. The lowest BCUT2D eigenvalue weighted by molar-refractivity contribution is -0.133. The van der Waals surface area contributed by atoms with E-state index >= 15 is 0 Å². The van der Waals surface area contributed by atoms with E-state index in [1.54, 1.807) is 10.7 Å². The summed E-state index contributed by atoms with van der Waals surface area (Å²) in [4.78, 5) is 27.1. The Morgan fingerprint density at radius 1 is 1.03 bits per heavy atom. The van der Waals surface area contributed by atoms with E-state index in [0.717, 1.165) is 55.1 Å². The molecule has 1 saturated heterocycles.